The molecule has 0 bridgehead atoms. The zero-order valence-corrected chi connectivity index (χ0v) is 17.2. The lowest BCUT2D eigenvalue weighted by atomic mass is 10.0. The first kappa shape index (κ1) is 19.4. The minimum Gasteiger partial charge on any atom is -0.338 e. The smallest absolute Gasteiger partial charge is 0.243 e. The van der Waals surface area contributed by atoms with Crippen LogP contribution in [0.3, 0.4) is 0 Å². The highest BCUT2D eigenvalue weighted by molar-refractivity contribution is 6.30. The van der Waals surface area contributed by atoms with Crippen molar-refractivity contribution in [3.63, 3.8) is 0 Å². The standard InChI is InChI=1S/C21H27ClN4O2/c1-14(21-23-20(24-28-21)13-16-7-9-17(22)10-8-16)25-11-3-5-18(25)19-6-4-12-26(19)15(2)27/h7-10,14,18-19H,3-6,11-13H2,1-2H3/t14-,18+,19-/m1/s1. The third-order valence-corrected chi connectivity index (χ3v) is 6.36. The molecule has 0 aliphatic carbocycles. The van der Waals surface area contributed by atoms with Gasteiger partial charge in [-0.15, -0.1) is 0 Å². The van der Waals surface area contributed by atoms with E-state index in [1.807, 2.05) is 24.3 Å². The van der Waals surface area contributed by atoms with Crippen molar-refractivity contribution in [2.45, 2.75) is 64.1 Å². The van der Waals surface area contributed by atoms with Crippen molar-refractivity contribution in [3.05, 3.63) is 46.6 Å². The molecular weight excluding hydrogens is 376 g/mol. The number of carbonyl (C=O) groups excluding carboxylic acids is 1. The maximum atomic E-state index is 12.0. The van der Waals surface area contributed by atoms with E-state index >= 15 is 0 Å². The minimum absolute atomic E-state index is 0.0494. The normalized spacial score (nSPS) is 24.0. The topological polar surface area (TPSA) is 62.5 Å². The molecule has 0 spiro atoms. The second kappa shape index (κ2) is 8.21. The summed E-state index contributed by atoms with van der Waals surface area (Å²) >= 11 is 5.95. The summed E-state index contributed by atoms with van der Waals surface area (Å²) in [5.41, 5.74) is 1.10. The molecule has 1 aromatic carbocycles. The molecule has 28 heavy (non-hydrogen) atoms. The molecule has 0 unspecified atom stereocenters. The summed E-state index contributed by atoms with van der Waals surface area (Å²) in [7, 11) is 0. The van der Waals surface area contributed by atoms with Crippen molar-refractivity contribution in [2.24, 2.45) is 0 Å². The van der Waals surface area contributed by atoms with Gasteiger partial charge >= 0.3 is 0 Å². The maximum absolute atomic E-state index is 12.0. The van der Waals surface area contributed by atoms with Gasteiger partial charge in [0, 0.05) is 37.0 Å². The summed E-state index contributed by atoms with van der Waals surface area (Å²) in [6.45, 7) is 5.69. The number of benzene rings is 1. The van der Waals surface area contributed by atoms with E-state index in [2.05, 4.69) is 26.9 Å². The summed E-state index contributed by atoms with van der Waals surface area (Å²) in [4.78, 5) is 21.2. The molecule has 2 aliphatic heterocycles. The molecule has 6 nitrogen and oxygen atoms in total. The molecule has 2 fully saturated rings. The van der Waals surface area contributed by atoms with E-state index in [-0.39, 0.29) is 11.9 Å². The molecule has 1 amide bonds. The predicted molar refractivity (Wildman–Crippen MR) is 107 cm³/mol. The van der Waals surface area contributed by atoms with Crippen LogP contribution in [0.4, 0.5) is 0 Å². The van der Waals surface area contributed by atoms with Gasteiger partial charge in [0.05, 0.1) is 6.04 Å². The van der Waals surface area contributed by atoms with E-state index in [0.29, 0.717) is 30.2 Å². The number of likely N-dealkylation sites (tertiary alicyclic amines) is 2. The van der Waals surface area contributed by atoms with Gasteiger partial charge in [0.25, 0.3) is 0 Å². The van der Waals surface area contributed by atoms with Gasteiger partial charge in [0.1, 0.15) is 0 Å². The fraction of sp³-hybridized carbons (Fsp3) is 0.571. The van der Waals surface area contributed by atoms with Crippen LogP contribution in [0.5, 0.6) is 0 Å². The van der Waals surface area contributed by atoms with Crippen molar-refractivity contribution in [1.29, 1.82) is 0 Å². The number of hydrogen-bond acceptors (Lipinski definition) is 5. The largest absolute Gasteiger partial charge is 0.338 e. The van der Waals surface area contributed by atoms with Crippen LogP contribution < -0.4 is 0 Å². The molecule has 0 N–H and O–H groups in total. The van der Waals surface area contributed by atoms with Crippen LogP contribution in [0.2, 0.25) is 5.02 Å². The molecule has 0 saturated carbocycles. The second-order valence-corrected chi connectivity index (χ2v) is 8.33. The Labute approximate surface area is 170 Å². The highest BCUT2D eigenvalue weighted by Gasteiger charge is 2.41. The van der Waals surface area contributed by atoms with Crippen LogP contribution in [0.15, 0.2) is 28.8 Å². The number of rotatable bonds is 5. The molecule has 7 heteroatoms. The van der Waals surface area contributed by atoms with Gasteiger partial charge in [-0.1, -0.05) is 28.9 Å². The van der Waals surface area contributed by atoms with Gasteiger partial charge in [-0.2, -0.15) is 4.98 Å². The summed E-state index contributed by atoms with van der Waals surface area (Å²) in [5.74, 6) is 1.53. The Morgan fingerprint density at radius 1 is 1.21 bits per heavy atom. The van der Waals surface area contributed by atoms with Crippen LogP contribution >= 0.6 is 11.6 Å². The van der Waals surface area contributed by atoms with E-state index < -0.39 is 0 Å². The average molecular weight is 403 g/mol. The first-order valence-electron chi connectivity index (χ1n) is 10.1. The Balaban J connectivity index is 1.46. The molecule has 3 atom stereocenters. The predicted octanol–water partition coefficient (Wildman–Crippen LogP) is 3.85. The number of nitrogens with zero attached hydrogens (tertiary/aromatic N) is 4. The van der Waals surface area contributed by atoms with Gasteiger partial charge < -0.3 is 9.42 Å². The number of carbonyl (C=O) groups is 1. The third kappa shape index (κ3) is 3.94. The van der Waals surface area contributed by atoms with Gasteiger partial charge in [0.15, 0.2) is 5.82 Å². The summed E-state index contributed by atoms with van der Waals surface area (Å²) in [5, 5.41) is 4.90. The quantitative estimate of drug-likeness (QED) is 0.760. The molecule has 3 heterocycles. The van der Waals surface area contributed by atoms with Crippen molar-refractivity contribution in [3.8, 4) is 0 Å². The SMILES string of the molecule is CC(=O)N1CCC[C@@H]1[C@@H]1CCCN1[C@H](C)c1nc(Cc2ccc(Cl)cc2)no1. The lowest BCUT2D eigenvalue weighted by Crippen LogP contribution is -2.48. The fourth-order valence-electron chi connectivity index (χ4n) is 4.73. The summed E-state index contributed by atoms with van der Waals surface area (Å²) in [6, 6.07) is 8.43. The Morgan fingerprint density at radius 3 is 2.68 bits per heavy atom. The molecular formula is C21H27ClN4O2. The molecule has 1 aromatic heterocycles. The Bertz CT molecular complexity index is 822. The van der Waals surface area contributed by atoms with E-state index in [1.54, 1.807) is 6.92 Å². The third-order valence-electron chi connectivity index (χ3n) is 6.10. The average Bonchev–Trinajstić information content (AvgIpc) is 3.42. The Hall–Kier alpha value is -1.92. The molecule has 2 aromatic rings. The van der Waals surface area contributed by atoms with Gasteiger partial charge in [0.2, 0.25) is 11.8 Å². The highest BCUT2D eigenvalue weighted by atomic mass is 35.5. The van der Waals surface area contributed by atoms with E-state index in [9.17, 15) is 4.79 Å². The van der Waals surface area contributed by atoms with E-state index in [4.69, 9.17) is 16.1 Å². The number of halogens is 1. The zero-order chi connectivity index (χ0) is 19.7. The van der Waals surface area contributed by atoms with Gasteiger partial charge in [-0.05, 0) is 56.8 Å². The van der Waals surface area contributed by atoms with Crippen LogP contribution in [-0.4, -0.2) is 51.0 Å². The Kier molecular flexibility index (Phi) is 5.69. The first-order chi connectivity index (χ1) is 13.5. The van der Waals surface area contributed by atoms with Crippen LogP contribution in [0.1, 0.15) is 62.9 Å². The molecule has 4 rings (SSSR count). The fourth-order valence-corrected chi connectivity index (χ4v) is 4.85. The molecule has 0 radical (unpaired) electrons. The summed E-state index contributed by atoms with van der Waals surface area (Å²) in [6.07, 6.45) is 5.05. The van der Waals surface area contributed by atoms with E-state index in [0.717, 1.165) is 49.4 Å². The number of amides is 1. The number of hydrogen-bond donors (Lipinski definition) is 0. The summed E-state index contributed by atoms with van der Waals surface area (Å²) < 4.78 is 5.61. The van der Waals surface area contributed by atoms with Crippen LogP contribution in [-0.2, 0) is 11.2 Å². The minimum atomic E-state index is 0.0494. The lowest BCUT2D eigenvalue weighted by molar-refractivity contribution is -0.130. The first-order valence-corrected chi connectivity index (χ1v) is 10.5. The van der Waals surface area contributed by atoms with Crippen molar-refractivity contribution in [1.82, 2.24) is 19.9 Å². The molecule has 2 saturated heterocycles. The van der Waals surface area contributed by atoms with Crippen LogP contribution in [0.25, 0.3) is 0 Å². The zero-order valence-electron chi connectivity index (χ0n) is 16.5. The number of aromatic nitrogens is 2. The molecule has 2 aliphatic rings. The maximum Gasteiger partial charge on any atom is 0.243 e. The van der Waals surface area contributed by atoms with Crippen molar-refractivity contribution in [2.75, 3.05) is 13.1 Å². The highest BCUT2D eigenvalue weighted by Crippen LogP contribution is 2.35. The van der Waals surface area contributed by atoms with Gasteiger partial charge in [-0.25, -0.2) is 0 Å². The van der Waals surface area contributed by atoms with Crippen molar-refractivity contribution >= 4 is 17.5 Å². The Morgan fingerprint density at radius 2 is 1.93 bits per heavy atom. The molecule has 150 valence electrons. The van der Waals surface area contributed by atoms with Gasteiger partial charge in [-0.3, -0.25) is 9.69 Å². The lowest BCUT2D eigenvalue weighted by Gasteiger charge is -2.36. The van der Waals surface area contributed by atoms with E-state index in [1.165, 1.54) is 0 Å². The van der Waals surface area contributed by atoms with Crippen LogP contribution in [0, 0.1) is 0 Å². The van der Waals surface area contributed by atoms with Crippen molar-refractivity contribution < 1.29 is 9.32 Å². The second-order valence-electron chi connectivity index (χ2n) is 7.90. The monoisotopic (exact) mass is 402 g/mol.